The Balaban J connectivity index is 2.12. The molecule has 0 radical (unpaired) electrons. The Morgan fingerprint density at radius 1 is 1.17 bits per heavy atom. The molecule has 1 aromatic carbocycles. The molecule has 2 aromatic rings. The van der Waals surface area contributed by atoms with E-state index in [9.17, 15) is 0 Å². The lowest BCUT2D eigenvalue weighted by molar-refractivity contribution is 0.941. The summed E-state index contributed by atoms with van der Waals surface area (Å²) in [5, 5.41) is 1.05. The summed E-state index contributed by atoms with van der Waals surface area (Å²) in [6.45, 7) is 4.67. The Morgan fingerprint density at radius 2 is 2.00 bits per heavy atom. The molecule has 1 heterocycles. The van der Waals surface area contributed by atoms with Gasteiger partial charge in [-0.05, 0) is 31.0 Å². The lowest BCUT2D eigenvalue weighted by Crippen LogP contribution is -2.01. The normalized spacial score (nSPS) is 10.6. The van der Waals surface area contributed by atoms with Crippen LogP contribution in [0.3, 0.4) is 0 Å². The van der Waals surface area contributed by atoms with Crippen LogP contribution in [0, 0.1) is 13.8 Å². The summed E-state index contributed by atoms with van der Waals surface area (Å²) < 4.78 is 0. The van der Waals surface area contributed by atoms with Crippen LogP contribution in [0.1, 0.15) is 22.4 Å². The molecule has 18 heavy (non-hydrogen) atoms. The molecule has 0 spiro atoms. The van der Waals surface area contributed by atoms with Crippen molar-refractivity contribution in [1.29, 1.82) is 0 Å². The van der Waals surface area contributed by atoms with Crippen molar-refractivity contribution in [3.05, 3.63) is 58.8 Å². The van der Waals surface area contributed by atoms with Crippen LogP contribution in [-0.4, -0.2) is 4.98 Å². The third-order valence-electron chi connectivity index (χ3n) is 2.76. The average Bonchev–Trinajstić information content (AvgIpc) is 2.37. The number of pyridine rings is 1. The molecule has 0 atom stereocenters. The number of nitrogens with two attached hydrogens (primary N) is 1. The van der Waals surface area contributed by atoms with E-state index in [-0.39, 0.29) is 0 Å². The fraction of sp³-hybridized carbons (Fsp3) is 0.267. The summed E-state index contributed by atoms with van der Waals surface area (Å²) in [6.07, 6.45) is 0. The van der Waals surface area contributed by atoms with E-state index in [1.165, 1.54) is 11.1 Å². The standard InChI is InChI=1S/C15H18N2S/c1-11-4-3-5-13(8-11)10-18-15-14(9-16)7-6-12(2)17-15/h3-8H,9-10,16H2,1-2H3. The molecule has 0 saturated carbocycles. The molecule has 94 valence electrons. The summed E-state index contributed by atoms with van der Waals surface area (Å²) in [4.78, 5) is 4.56. The van der Waals surface area contributed by atoms with E-state index >= 15 is 0 Å². The Kier molecular flexibility index (Phi) is 4.39. The molecule has 0 saturated heterocycles. The molecule has 0 aliphatic heterocycles. The topological polar surface area (TPSA) is 38.9 Å². The van der Waals surface area contributed by atoms with Gasteiger partial charge in [-0.1, -0.05) is 35.9 Å². The van der Waals surface area contributed by atoms with Crippen LogP contribution in [0.15, 0.2) is 41.4 Å². The highest BCUT2D eigenvalue weighted by molar-refractivity contribution is 7.98. The number of hydrogen-bond acceptors (Lipinski definition) is 3. The zero-order valence-electron chi connectivity index (χ0n) is 10.8. The van der Waals surface area contributed by atoms with E-state index in [0.717, 1.165) is 22.0 Å². The maximum absolute atomic E-state index is 5.74. The number of rotatable bonds is 4. The van der Waals surface area contributed by atoms with Gasteiger partial charge in [-0.2, -0.15) is 0 Å². The number of aromatic nitrogens is 1. The van der Waals surface area contributed by atoms with E-state index in [1.807, 2.05) is 13.0 Å². The van der Waals surface area contributed by atoms with E-state index in [1.54, 1.807) is 11.8 Å². The van der Waals surface area contributed by atoms with Crippen LogP contribution in [0.4, 0.5) is 0 Å². The number of benzene rings is 1. The summed E-state index contributed by atoms with van der Waals surface area (Å²) in [5.41, 5.74) is 10.5. The van der Waals surface area contributed by atoms with Crippen molar-refractivity contribution in [1.82, 2.24) is 4.98 Å². The third kappa shape index (κ3) is 3.34. The molecule has 2 nitrogen and oxygen atoms in total. The second-order valence-corrected chi connectivity index (χ2v) is 5.36. The smallest absolute Gasteiger partial charge is 0.101 e. The number of thioether (sulfide) groups is 1. The minimum absolute atomic E-state index is 0.545. The van der Waals surface area contributed by atoms with Gasteiger partial charge in [-0.3, -0.25) is 0 Å². The molecule has 1 aromatic heterocycles. The van der Waals surface area contributed by atoms with Crippen LogP contribution >= 0.6 is 11.8 Å². The molecule has 2 rings (SSSR count). The van der Waals surface area contributed by atoms with Gasteiger partial charge in [-0.15, -0.1) is 11.8 Å². The Hall–Kier alpha value is -1.32. The predicted octanol–water partition coefficient (Wildman–Crippen LogP) is 3.45. The molecule has 0 fully saturated rings. The number of nitrogens with zero attached hydrogens (tertiary/aromatic N) is 1. The summed E-state index contributed by atoms with van der Waals surface area (Å²) in [6, 6.07) is 12.7. The first kappa shape index (κ1) is 13.1. The predicted molar refractivity (Wildman–Crippen MR) is 77.6 cm³/mol. The van der Waals surface area contributed by atoms with Gasteiger partial charge < -0.3 is 5.73 Å². The van der Waals surface area contributed by atoms with Crippen molar-refractivity contribution in [2.24, 2.45) is 5.73 Å². The fourth-order valence-electron chi connectivity index (χ4n) is 1.80. The van der Waals surface area contributed by atoms with Crippen LogP contribution in [-0.2, 0) is 12.3 Å². The van der Waals surface area contributed by atoms with Gasteiger partial charge in [-0.25, -0.2) is 4.98 Å². The Labute approximate surface area is 113 Å². The lowest BCUT2D eigenvalue weighted by atomic mass is 10.2. The van der Waals surface area contributed by atoms with Gasteiger partial charge in [0.2, 0.25) is 0 Å². The molecular weight excluding hydrogens is 240 g/mol. The first-order valence-electron chi connectivity index (χ1n) is 6.04. The Morgan fingerprint density at radius 3 is 2.72 bits per heavy atom. The van der Waals surface area contributed by atoms with Gasteiger partial charge in [0.05, 0.1) is 0 Å². The SMILES string of the molecule is Cc1cccc(CSc2nc(C)ccc2CN)c1. The zero-order valence-corrected chi connectivity index (χ0v) is 11.6. The summed E-state index contributed by atoms with van der Waals surface area (Å²) >= 11 is 1.76. The van der Waals surface area contributed by atoms with Crippen molar-refractivity contribution in [2.45, 2.75) is 31.2 Å². The second-order valence-electron chi connectivity index (χ2n) is 4.40. The van der Waals surface area contributed by atoms with Crippen LogP contribution in [0.25, 0.3) is 0 Å². The highest BCUT2D eigenvalue weighted by atomic mass is 32.2. The zero-order chi connectivity index (χ0) is 13.0. The molecule has 0 unspecified atom stereocenters. The van der Waals surface area contributed by atoms with Gasteiger partial charge in [0.25, 0.3) is 0 Å². The third-order valence-corrected chi connectivity index (χ3v) is 3.86. The lowest BCUT2D eigenvalue weighted by Gasteiger charge is -2.08. The summed E-state index contributed by atoms with van der Waals surface area (Å²) in [5.74, 6) is 0.936. The van der Waals surface area contributed by atoms with Crippen LogP contribution < -0.4 is 5.73 Å². The number of aryl methyl sites for hydroxylation is 2. The van der Waals surface area contributed by atoms with Crippen molar-refractivity contribution in [2.75, 3.05) is 0 Å². The van der Waals surface area contributed by atoms with Crippen molar-refractivity contribution in [3.63, 3.8) is 0 Å². The minimum Gasteiger partial charge on any atom is -0.326 e. The van der Waals surface area contributed by atoms with Crippen LogP contribution in [0.2, 0.25) is 0 Å². The van der Waals surface area contributed by atoms with Gasteiger partial charge in [0.1, 0.15) is 5.03 Å². The van der Waals surface area contributed by atoms with Crippen LogP contribution in [0.5, 0.6) is 0 Å². The molecule has 0 amide bonds. The first-order valence-corrected chi connectivity index (χ1v) is 7.02. The van der Waals surface area contributed by atoms with Crippen molar-refractivity contribution < 1.29 is 0 Å². The van der Waals surface area contributed by atoms with Crippen molar-refractivity contribution in [3.8, 4) is 0 Å². The average molecular weight is 258 g/mol. The van der Waals surface area contributed by atoms with Gasteiger partial charge in [0, 0.05) is 18.0 Å². The Bertz CT molecular complexity index is 538. The maximum atomic E-state index is 5.74. The van der Waals surface area contributed by atoms with Crippen molar-refractivity contribution >= 4 is 11.8 Å². The minimum atomic E-state index is 0.545. The monoisotopic (exact) mass is 258 g/mol. The molecule has 0 bridgehead atoms. The summed E-state index contributed by atoms with van der Waals surface area (Å²) in [7, 11) is 0. The largest absolute Gasteiger partial charge is 0.326 e. The van der Waals surface area contributed by atoms with E-state index < -0.39 is 0 Å². The molecule has 0 aliphatic rings. The highest BCUT2D eigenvalue weighted by Crippen LogP contribution is 2.25. The molecular formula is C15H18N2S. The quantitative estimate of drug-likeness (QED) is 0.854. The van der Waals surface area contributed by atoms with Gasteiger partial charge >= 0.3 is 0 Å². The first-order chi connectivity index (χ1) is 8.69. The molecule has 2 N–H and O–H groups in total. The second kappa shape index (κ2) is 6.03. The van der Waals surface area contributed by atoms with E-state index in [0.29, 0.717) is 6.54 Å². The number of hydrogen-bond donors (Lipinski definition) is 1. The van der Waals surface area contributed by atoms with E-state index in [2.05, 4.69) is 42.2 Å². The fourth-order valence-corrected chi connectivity index (χ4v) is 2.82. The molecule has 3 heteroatoms. The van der Waals surface area contributed by atoms with E-state index in [4.69, 9.17) is 5.73 Å². The van der Waals surface area contributed by atoms with Gasteiger partial charge in [0.15, 0.2) is 0 Å². The molecule has 0 aliphatic carbocycles. The highest BCUT2D eigenvalue weighted by Gasteiger charge is 2.04. The maximum Gasteiger partial charge on any atom is 0.101 e.